The van der Waals surface area contributed by atoms with Gasteiger partial charge in [0, 0.05) is 31.6 Å². The van der Waals surface area contributed by atoms with Crippen LogP contribution in [-0.2, 0) is 0 Å². The van der Waals surface area contributed by atoms with E-state index in [1.54, 1.807) is 12.1 Å². The lowest BCUT2D eigenvalue weighted by atomic mass is 10.1. The van der Waals surface area contributed by atoms with Crippen LogP contribution in [0.1, 0.15) is 0 Å². The van der Waals surface area contributed by atoms with Crippen LogP contribution < -0.4 is 20.3 Å². The van der Waals surface area contributed by atoms with E-state index in [9.17, 15) is 4.39 Å². The number of benzene rings is 3. The molecule has 3 aromatic carbocycles. The Bertz CT molecular complexity index is 1220. The van der Waals surface area contributed by atoms with Crippen molar-refractivity contribution in [3.8, 4) is 11.6 Å². The third-order valence-electron chi connectivity index (χ3n) is 5.55. The number of hydrogen-bond donors (Lipinski definition) is 1. The van der Waals surface area contributed by atoms with Gasteiger partial charge < -0.3 is 20.3 Å². The van der Waals surface area contributed by atoms with Crippen molar-refractivity contribution in [2.45, 2.75) is 0 Å². The van der Waals surface area contributed by atoms with Gasteiger partial charge in [-0.2, -0.15) is 4.98 Å². The molecule has 31 heavy (non-hydrogen) atoms. The molecule has 1 aromatic heterocycles. The molecule has 1 aliphatic rings. The maximum Gasteiger partial charge on any atom is 0.248 e. The predicted octanol–water partition coefficient (Wildman–Crippen LogP) is 4.47. The number of aromatic nitrogens is 2. The number of nitrogen functional groups attached to an aromatic ring is 1. The van der Waals surface area contributed by atoms with Gasteiger partial charge in [-0.25, -0.2) is 9.37 Å². The first-order valence-corrected chi connectivity index (χ1v) is 10.2. The van der Waals surface area contributed by atoms with Crippen LogP contribution in [0.2, 0.25) is 0 Å². The zero-order valence-electron chi connectivity index (χ0n) is 16.9. The SMILES string of the molecule is Nc1c(Oc2cccc3ccccc23)ncnc1N1CCN(c2ccccc2F)CC1. The largest absolute Gasteiger partial charge is 0.436 e. The Kier molecular flexibility index (Phi) is 5.00. The van der Waals surface area contributed by atoms with Gasteiger partial charge in [0.05, 0.1) is 5.69 Å². The highest BCUT2D eigenvalue weighted by Gasteiger charge is 2.23. The van der Waals surface area contributed by atoms with E-state index in [1.165, 1.54) is 12.4 Å². The topological polar surface area (TPSA) is 67.5 Å². The van der Waals surface area contributed by atoms with Gasteiger partial charge >= 0.3 is 0 Å². The third kappa shape index (κ3) is 3.70. The molecule has 0 radical (unpaired) electrons. The van der Waals surface area contributed by atoms with E-state index >= 15 is 0 Å². The van der Waals surface area contributed by atoms with Crippen LogP contribution in [0.4, 0.5) is 21.6 Å². The highest BCUT2D eigenvalue weighted by atomic mass is 19.1. The first-order chi connectivity index (χ1) is 15.2. The number of hydrogen-bond acceptors (Lipinski definition) is 6. The summed E-state index contributed by atoms with van der Waals surface area (Å²) in [5.41, 5.74) is 7.43. The molecule has 1 saturated heterocycles. The number of fused-ring (bicyclic) bond motifs is 1. The summed E-state index contributed by atoms with van der Waals surface area (Å²) in [6.07, 6.45) is 1.47. The van der Waals surface area contributed by atoms with Crippen molar-refractivity contribution in [3.05, 3.63) is 78.9 Å². The van der Waals surface area contributed by atoms with Gasteiger partial charge in [-0.05, 0) is 23.6 Å². The fourth-order valence-corrected chi connectivity index (χ4v) is 3.96. The fraction of sp³-hybridized carbons (Fsp3) is 0.167. The second-order valence-corrected chi connectivity index (χ2v) is 7.42. The number of para-hydroxylation sites is 1. The first kappa shape index (κ1) is 19.1. The van der Waals surface area contributed by atoms with Crippen LogP contribution in [-0.4, -0.2) is 36.1 Å². The number of halogens is 1. The molecule has 0 bridgehead atoms. The molecule has 6 nitrogen and oxygen atoms in total. The molecule has 1 aliphatic heterocycles. The first-order valence-electron chi connectivity index (χ1n) is 10.2. The molecule has 2 heterocycles. The number of piperazine rings is 1. The summed E-state index contributed by atoms with van der Waals surface area (Å²) in [5, 5.41) is 2.07. The average Bonchev–Trinajstić information content (AvgIpc) is 2.81. The van der Waals surface area contributed by atoms with Crippen molar-refractivity contribution >= 4 is 28.0 Å². The third-order valence-corrected chi connectivity index (χ3v) is 5.55. The summed E-state index contributed by atoms with van der Waals surface area (Å²) in [5.74, 6) is 1.46. The fourth-order valence-electron chi connectivity index (χ4n) is 3.96. The second kappa shape index (κ2) is 8.10. The molecule has 2 N–H and O–H groups in total. The normalized spacial score (nSPS) is 14.1. The van der Waals surface area contributed by atoms with E-state index in [0.29, 0.717) is 55.0 Å². The second-order valence-electron chi connectivity index (χ2n) is 7.42. The zero-order chi connectivity index (χ0) is 21.2. The number of rotatable bonds is 4. The van der Waals surface area contributed by atoms with E-state index in [1.807, 2.05) is 53.4 Å². The summed E-state index contributed by atoms with van der Waals surface area (Å²) in [6, 6.07) is 20.7. The maximum atomic E-state index is 14.1. The minimum atomic E-state index is -0.205. The van der Waals surface area contributed by atoms with Crippen molar-refractivity contribution in [1.82, 2.24) is 9.97 Å². The van der Waals surface area contributed by atoms with Crippen LogP contribution in [0.15, 0.2) is 73.1 Å². The predicted molar refractivity (Wildman–Crippen MR) is 121 cm³/mol. The number of ether oxygens (including phenoxy) is 1. The highest BCUT2D eigenvalue weighted by molar-refractivity contribution is 5.88. The Hall–Kier alpha value is -3.87. The lowest BCUT2D eigenvalue weighted by Crippen LogP contribution is -2.47. The molecular weight excluding hydrogens is 393 g/mol. The molecule has 5 rings (SSSR count). The summed E-state index contributed by atoms with van der Waals surface area (Å²) in [6.45, 7) is 2.68. The van der Waals surface area contributed by atoms with Crippen LogP contribution in [0, 0.1) is 5.82 Å². The van der Waals surface area contributed by atoms with E-state index in [2.05, 4.69) is 14.9 Å². The summed E-state index contributed by atoms with van der Waals surface area (Å²) >= 11 is 0. The quantitative estimate of drug-likeness (QED) is 0.530. The Morgan fingerprint density at radius 2 is 1.52 bits per heavy atom. The lowest BCUT2D eigenvalue weighted by molar-refractivity contribution is 0.469. The Labute approximate surface area is 179 Å². The monoisotopic (exact) mass is 415 g/mol. The average molecular weight is 415 g/mol. The van der Waals surface area contributed by atoms with Gasteiger partial charge in [-0.15, -0.1) is 0 Å². The molecular formula is C24H22FN5O. The zero-order valence-corrected chi connectivity index (χ0v) is 16.9. The smallest absolute Gasteiger partial charge is 0.248 e. The van der Waals surface area contributed by atoms with Gasteiger partial charge in [0.1, 0.15) is 23.6 Å². The molecule has 156 valence electrons. The van der Waals surface area contributed by atoms with Crippen LogP contribution >= 0.6 is 0 Å². The van der Waals surface area contributed by atoms with Crippen LogP contribution in [0.25, 0.3) is 10.8 Å². The summed E-state index contributed by atoms with van der Waals surface area (Å²) in [4.78, 5) is 12.8. The molecule has 7 heteroatoms. The molecule has 0 atom stereocenters. The van der Waals surface area contributed by atoms with Crippen molar-refractivity contribution in [2.75, 3.05) is 41.7 Å². The number of nitrogens with two attached hydrogens (primary N) is 1. The molecule has 0 aliphatic carbocycles. The molecule has 4 aromatic rings. The standard InChI is InChI=1S/C24H22FN5O/c25-19-9-3-4-10-20(19)29-12-14-30(15-13-29)23-22(26)24(28-16-27-23)31-21-11-5-7-17-6-1-2-8-18(17)21/h1-11,16H,12-15,26H2. The molecule has 0 saturated carbocycles. The van der Waals surface area contributed by atoms with Gasteiger partial charge in [-0.1, -0.05) is 48.5 Å². The summed E-state index contributed by atoms with van der Waals surface area (Å²) < 4.78 is 20.2. The summed E-state index contributed by atoms with van der Waals surface area (Å²) in [7, 11) is 0. The van der Waals surface area contributed by atoms with Gasteiger partial charge in [0.15, 0.2) is 5.82 Å². The molecule has 1 fully saturated rings. The van der Waals surface area contributed by atoms with E-state index in [-0.39, 0.29) is 5.82 Å². The Morgan fingerprint density at radius 1 is 0.806 bits per heavy atom. The van der Waals surface area contributed by atoms with Crippen molar-refractivity contribution in [2.24, 2.45) is 0 Å². The van der Waals surface area contributed by atoms with Crippen LogP contribution in [0.3, 0.4) is 0 Å². The van der Waals surface area contributed by atoms with E-state index in [0.717, 1.165) is 10.8 Å². The molecule has 0 spiro atoms. The van der Waals surface area contributed by atoms with E-state index in [4.69, 9.17) is 10.5 Å². The van der Waals surface area contributed by atoms with Gasteiger partial charge in [-0.3, -0.25) is 0 Å². The van der Waals surface area contributed by atoms with Gasteiger partial charge in [0.2, 0.25) is 5.88 Å². The molecule has 0 amide bonds. The van der Waals surface area contributed by atoms with Crippen molar-refractivity contribution < 1.29 is 9.13 Å². The number of anilines is 3. The van der Waals surface area contributed by atoms with Crippen LogP contribution in [0.5, 0.6) is 11.6 Å². The van der Waals surface area contributed by atoms with Crippen molar-refractivity contribution in [3.63, 3.8) is 0 Å². The molecule has 0 unspecified atom stereocenters. The number of nitrogens with zero attached hydrogens (tertiary/aromatic N) is 4. The Balaban J connectivity index is 1.36. The Morgan fingerprint density at radius 3 is 2.35 bits per heavy atom. The lowest BCUT2D eigenvalue weighted by Gasteiger charge is -2.37. The van der Waals surface area contributed by atoms with Gasteiger partial charge in [0.25, 0.3) is 0 Å². The van der Waals surface area contributed by atoms with Crippen molar-refractivity contribution in [1.29, 1.82) is 0 Å². The van der Waals surface area contributed by atoms with E-state index < -0.39 is 0 Å². The maximum absolute atomic E-state index is 14.1. The minimum Gasteiger partial charge on any atom is -0.436 e. The minimum absolute atomic E-state index is 0.205. The highest BCUT2D eigenvalue weighted by Crippen LogP contribution is 2.35.